The van der Waals surface area contributed by atoms with Crippen molar-refractivity contribution in [1.82, 2.24) is 10.2 Å². The van der Waals surface area contributed by atoms with E-state index in [1.807, 2.05) is 0 Å². The molecular weight excluding hydrogens is 379 g/mol. The second-order valence-electron chi connectivity index (χ2n) is 6.35. The van der Waals surface area contributed by atoms with Crippen LogP contribution in [0.3, 0.4) is 0 Å². The lowest BCUT2D eigenvalue weighted by atomic mass is 10.0. The first-order chi connectivity index (χ1) is 13.2. The van der Waals surface area contributed by atoms with Gasteiger partial charge in [-0.15, -0.1) is 0 Å². The molecule has 28 heavy (non-hydrogen) atoms. The molecular formula is C18H18F3N3O4. The van der Waals surface area contributed by atoms with E-state index in [2.05, 4.69) is 5.32 Å². The number of urea groups is 1. The molecule has 0 aliphatic carbocycles. The van der Waals surface area contributed by atoms with Crippen molar-refractivity contribution in [2.45, 2.75) is 12.2 Å². The van der Waals surface area contributed by atoms with E-state index in [1.165, 1.54) is 7.11 Å². The van der Waals surface area contributed by atoms with Gasteiger partial charge in [0.05, 0.1) is 18.7 Å². The van der Waals surface area contributed by atoms with Gasteiger partial charge < -0.3 is 25.4 Å². The molecule has 1 aliphatic heterocycles. The lowest BCUT2D eigenvalue weighted by Crippen LogP contribution is -2.36. The number of ether oxygens (including phenoxy) is 2. The molecule has 2 aromatic rings. The Morgan fingerprint density at radius 1 is 1.32 bits per heavy atom. The third kappa shape index (κ3) is 4.21. The summed E-state index contributed by atoms with van der Waals surface area (Å²) in [5, 5.41) is 3.79. The standard InChI is InChI=1S/C18H18F3N3O4/c1-27-15-6-12-10(5-13(15)16(22)25)3-2-4-14(12)28-8-11-7-24(17(26)23-11)9-18(19,20)21/h2-6,11H,7-9H2,1H3,(H2,22,25)(H,23,26)/t11-/m0/s1. The van der Waals surface area contributed by atoms with E-state index in [9.17, 15) is 22.8 Å². The predicted molar refractivity (Wildman–Crippen MR) is 94.5 cm³/mol. The Balaban J connectivity index is 1.76. The molecule has 0 spiro atoms. The van der Waals surface area contributed by atoms with Crippen molar-refractivity contribution in [3.63, 3.8) is 0 Å². The van der Waals surface area contributed by atoms with Gasteiger partial charge in [-0.05, 0) is 23.6 Å². The third-order valence-corrected chi connectivity index (χ3v) is 4.29. The Hall–Kier alpha value is -3.17. The molecule has 1 saturated heterocycles. The summed E-state index contributed by atoms with van der Waals surface area (Å²) in [6, 6.07) is 6.96. The zero-order valence-electron chi connectivity index (χ0n) is 14.9. The Bertz CT molecular complexity index is 917. The van der Waals surface area contributed by atoms with Crippen LogP contribution in [0.4, 0.5) is 18.0 Å². The quantitative estimate of drug-likeness (QED) is 0.782. The number of carbonyl (C=O) groups excluding carboxylic acids is 2. The average molecular weight is 397 g/mol. The van der Waals surface area contributed by atoms with E-state index in [4.69, 9.17) is 15.2 Å². The van der Waals surface area contributed by atoms with Crippen LogP contribution in [0.2, 0.25) is 0 Å². The molecule has 10 heteroatoms. The molecule has 0 radical (unpaired) electrons. The highest BCUT2D eigenvalue weighted by atomic mass is 19.4. The molecule has 3 N–H and O–H groups in total. The number of halogens is 3. The largest absolute Gasteiger partial charge is 0.496 e. The van der Waals surface area contributed by atoms with Gasteiger partial charge >= 0.3 is 12.2 Å². The molecule has 1 atom stereocenters. The second-order valence-corrected chi connectivity index (χ2v) is 6.35. The molecule has 0 unspecified atom stereocenters. The Labute approximate surface area is 158 Å². The minimum Gasteiger partial charge on any atom is -0.496 e. The van der Waals surface area contributed by atoms with Crippen LogP contribution < -0.4 is 20.5 Å². The number of benzene rings is 2. The maximum absolute atomic E-state index is 12.5. The van der Waals surface area contributed by atoms with E-state index in [0.717, 1.165) is 0 Å². The van der Waals surface area contributed by atoms with E-state index in [-0.39, 0.29) is 24.5 Å². The molecule has 2 aromatic carbocycles. The van der Waals surface area contributed by atoms with Crippen LogP contribution in [0.1, 0.15) is 10.4 Å². The minimum atomic E-state index is -4.46. The van der Waals surface area contributed by atoms with Crippen molar-refractivity contribution < 1.29 is 32.2 Å². The van der Waals surface area contributed by atoms with Crippen molar-refractivity contribution >= 4 is 22.7 Å². The fourth-order valence-corrected chi connectivity index (χ4v) is 3.06. The first kappa shape index (κ1) is 19.6. The van der Waals surface area contributed by atoms with E-state index in [1.54, 1.807) is 30.3 Å². The minimum absolute atomic E-state index is 0.0148. The zero-order chi connectivity index (χ0) is 20.5. The second kappa shape index (κ2) is 7.45. The number of alkyl halides is 3. The van der Waals surface area contributed by atoms with Crippen LogP contribution >= 0.6 is 0 Å². The highest BCUT2D eigenvalue weighted by Gasteiger charge is 2.38. The molecule has 7 nitrogen and oxygen atoms in total. The number of nitrogens with two attached hydrogens (primary N) is 1. The molecule has 150 valence electrons. The molecule has 1 fully saturated rings. The monoisotopic (exact) mass is 397 g/mol. The maximum Gasteiger partial charge on any atom is 0.406 e. The van der Waals surface area contributed by atoms with E-state index < -0.39 is 30.7 Å². The Morgan fingerprint density at radius 3 is 2.71 bits per heavy atom. The topological polar surface area (TPSA) is 93.9 Å². The van der Waals surface area contributed by atoms with Crippen LogP contribution in [0.15, 0.2) is 30.3 Å². The summed E-state index contributed by atoms with van der Waals surface area (Å²) >= 11 is 0. The van der Waals surface area contributed by atoms with Crippen molar-refractivity contribution in [2.24, 2.45) is 5.73 Å². The van der Waals surface area contributed by atoms with Crippen LogP contribution in [-0.4, -0.2) is 55.9 Å². The lowest BCUT2D eigenvalue weighted by Gasteiger charge is -2.17. The summed E-state index contributed by atoms with van der Waals surface area (Å²) in [6.07, 6.45) is -4.46. The zero-order valence-corrected chi connectivity index (χ0v) is 14.9. The van der Waals surface area contributed by atoms with Crippen LogP contribution in [0, 0.1) is 0 Å². The number of methoxy groups -OCH3 is 1. The molecule has 1 aliphatic rings. The smallest absolute Gasteiger partial charge is 0.406 e. The highest BCUT2D eigenvalue weighted by molar-refractivity contribution is 6.02. The summed E-state index contributed by atoms with van der Waals surface area (Å²) in [5.74, 6) is 0.0837. The van der Waals surface area contributed by atoms with E-state index in [0.29, 0.717) is 21.4 Å². The van der Waals surface area contributed by atoms with Gasteiger partial charge in [-0.1, -0.05) is 12.1 Å². The first-order valence-corrected chi connectivity index (χ1v) is 8.33. The van der Waals surface area contributed by atoms with E-state index >= 15 is 0 Å². The van der Waals surface area contributed by atoms with Gasteiger partial charge in [-0.2, -0.15) is 13.2 Å². The fraction of sp³-hybridized carbons (Fsp3) is 0.333. The van der Waals surface area contributed by atoms with Crippen molar-refractivity contribution in [3.05, 3.63) is 35.9 Å². The van der Waals surface area contributed by atoms with Crippen molar-refractivity contribution in [3.8, 4) is 11.5 Å². The summed E-state index contributed by atoms with van der Waals surface area (Å²) < 4.78 is 48.4. The number of nitrogens with one attached hydrogen (secondary N) is 1. The summed E-state index contributed by atoms with van der Waals surface area (Å²) in [5.41, 5.74) is 5.58. The molecule has 3 rings (SSSR count). The number of primary amides is 1. The van der Waals surface area contributed by atoms with Gasteiger partial charge in [0.2, 0.25) is 0 Å². The number of rotatable bonds is 6. The van der Waals surface area contributed by atoms with Gasteiger partial charge in [0, 0.05) is 11.9 Å². The Morgan fingerprint density at radius 2 is 2.07 bits per heavy atom. The van der Waals surface area contributed by atoms with Crippen molar-refractivity contribution in [1.29, 1.82) is 0 Å². The lowest BCUT2D eigenvalue weighted by molar-refractivity contribution is -0.138. The third-order valence-electron chi connectivity index (χ3n) is 4.29. The van der Waals surface area contributed by atoms with Crippen molar-refractivity contribution in [2.75, 3.05) is 26.8 Å². The molecule has 0 saturated carbocycles. The molecule has 0 bridgehead atoms. The average Bonchev–Trinajstić information content (AvgIpc) is 2.96. The van der Waals surface area contributed by atoms with Gasteiger partial charge in [-0.25, -0.2) is 4.79 Å². The van der Waals surface area contributed by atoms with Gasteiger partial charge in [0.25, 0.3) is 5.91 Å². The summed E-state index contributed by atoms with van der Waals surface area (Å²) in [6.45, 7) is -1.44. The van der Waals surface area contributed by atoms with Crippen LogP contribution in [-0.2, 0) is 0 Å². The normalized spacial score (nSPS) is 16.9. The first-order valence-electron chi connectivity index (χ1n) is 8.33. The van der Waals surface area contributed by atoms with Gasteiger partial charge in [-0.3, -0.25) is 4.79 Å². The number of nitrogens with zero attached hydrogens (tertiary/aromatic N) is 1. The van der Waals surface area contributed by atoms with Gasteiger partial charge in [0.1, 0.15) is 24.7 Å². The molecule has 3 amide bonds. The molecule has 0 aromatic heterocycles. The Kier molecular flexibility index (Phi) is 5.21. The summed E-state index contributed by atoms with van der Waals surface area (Å²) in [7, 11) is 1.40. The van der Waals surface area contributed by atoms with Gasteiger partial charge in [0.15, 0.2) is 0 Å². The number of carbonyl (C=O) groups is 2. The number of hydrogen-bond donors (Lipinski definition) is 2. The number of hydrogen-bond acceptors (Lipinski definition) is 4. The summed E-state index contributed by atoms with van der Waals surface area (Å²) in [4.78, 5) is 23.9. The number of amides is 3. The highest BCUT2D eigenvalue weighted by Crippen LogP contribution is 2.32. The maximum atomic E-state index is 12.5. The SMILES string of the molecule is COc1cc2c(OC[C@@H]3CN(CC(F)(F)F)C(=O)N3)cccc2cc1C(N)=O. The van der Waals surface area contributed by atoms with Crippen LogP contribution in [0.5, 0.6) is 11.5 Å². The predicted octanol–water partition coefficient (Wildman–Crippen LogP) is 2.28. The molecule has 1 heterocycles. The number of fused-ring (bicyclic) bond motifs is 1. The fourth-order valence-electron chi connectivity index (χ4n) is 3.06. The van der Waals surface area contributed by atoms with Crippen LogP contribution in [0.25, 0.3) is 10.8 Å².